The topological polar surface area (TPSA) is 89.7 Å². The SMILES string of the molecule is CCC(COC)Nc1cc(N(C)C)nc(Oc2c(C)cc(Cl)cc2C)c1C(N)=O. The maximum Gasteiger partial charge on any atom is 0.256 e. The van der Waals surface area contributed by atoms with E-state index in [1.807, 2.05) is 39.8 Å². The zero-order valence-corrected chi connectivity index (χ0v) is 18.6. The molecule has 0 saturated heterocycles. The van der Waals surface area contributed by atoms with Gasteiger partial charge in [-0.05, 0) is 43.5 Å². The Bertz CT molecular complexity index is 863. The second kappa shape index (κ2) is 9.80. The number of carbonyl (C=O) groups is 1. The highest BCUT2D eigenvalue weighted by molar-refractivity contribution is 6.30. The molecule has 29 heavy (non-hydrogen) atoms. The maximum absolute atomic E-state index is 12.4. The molecule has 1 aromatic heterocycles. The van der Waals surface area contributed by atoms with Gasteiger partial charge in [-0.25, -0.2) is 0 Å². The van der Waals surface area contributed by atoms with Crippen LogP contribution in [0.3, 0.4) is 0 Å². The van der Waals surface area contributed by atoms with Crippen LogP contribution in [0.5, 0.6) is 11.6 Å². The molecule has 3 N–H and O–H groups in total. The number of anilines is 2. The van der Waals surface area contributed by atoms with Crippen molar-refractivity contribution in [3.63, 3.8) is 0 Å². The molecule has 0 saturated carbocycles. The number of nitrogens with two attached hydrogens (primary N) is 1. The Kier molecular flexibility index (Phi) is 7.70. The second-order valence-electron chi connectivity index (χ2n) is 7.14. The third kappa shape index (κ3) is 5.52. The van der Waals surface area contributed by atoms with E-state index in [9.17, 15) is 4.79 Å². The van der Waals surface area contributed by atoms with Gasteiger partial charge >= 0.3 is 0 Å². The van der Waals surface area contributed by atoms with Crippen molar-refractivity contribution in [2.24, 2.45) is 5.73 Å². The van der Waals surface area contributed by atoms with E-state index in [-0.39, 0.29) is 17.5 Å². The van der Waals surface area contributed by atoms with E-state index in [1.54, 1.807) is 25.3 Å². The zero-order valence-electron chi connectivity index (χ0n) is 17.8. The van der Waals surface area contributed by atoms with Crippen LogP contribution < -0.4 is 20.7 Å². The summed E-state index contributed by atoms with van der Waals surface area (Å²) < 4.78 is 11.4. The van der Waals surface area contributed by atoms with E-state index >= 15 is 0 Å². The predicted octanol–water partition coefficient (Wildman–Crippen LogP) is 4.15. The highest BCUT2D eigenvalue weighted by atomic mass is 35.5. The van der Waals surface area contributed by atoms with Crippen LogP contribution in [0.15, 0.2) is 18.2 Å². The number of pyridine rings is 1. The first-order valence-corrected chi connectivity index (χ1v) is 9.77. The summed E-state index contributed by atoms with van der Waals surface area (Å²) >= 11 is 6.13. The van der Waals surface area contributed by atoms with Crippen LogP contribution in [0.25, 0.3) is 0 Å². The first-order chi connectivity index (χ1) is 13.7. The van der Waals surface area contributed by atoms with Gasteiger partial charge < -0.3 is 25.4 Å². The molecule has 0 aliphatic rings. The minimum absolute atomic E-state index is 0.00219. The Balaban J connectivity index is 2.62. The molecule has 0 aliphatic carbocycles. The molecule has 2 rings (SSSR count). The number of halogens is 1. The number of primary amides is 1. The van der Waals surface area contributed by atoms with Gasteiger partial charge in [-0.1, -0.05) is 18.5 Å². The number of hydrogen-bond acceptors (Lipinski definition) is 6. The first-order valence-electron chi connectivity index (χ1n) is 9.40. The van der Waals surface area contributed by atoms with Crippen LogP contribution in [0, 0.1) is 13.8 Å². The molecule has 0 fully saturated rings. The number of nitrogens with zero attached hydrogens (tertiary/aromatic N) is 2. The lowest BCUT2D eigenvalue weighted by molar-refractivity contribution is 0.0998. The van der Waals surface area contributed by atoms with Gasteiger partial charge in [-0.15, -0.1) is 0 Å². The van der Waals surface area contributed by atoms with Crippen molar-refractivity contribution in [2.45, 2.75) is 33.2 Å². The Morgan fingerprint density at radius 2 is 1.90 bits per heavy atom. The summed E-state index contributed by atoms with van der Waals surface area (Å²) in [6.45, 7) is 6.30. The number of aryl methyl sites for hydroxylation is 2. The van der Waals surface area contributed by atoms with Crippen LogP contribution >= 0.6 is 11.6 Å². The van der Waals surface area contributed by atoms with Crippen LogP contribution in [0.1, 0.15) is 34.8 Å². The highest BCUT2D eigenvalue weighted by Gasteiger charge is 2.23. The molecule has 2 aromatic rings. The van der Waals surface area contributed by atoms with Gasteiger partial charge in [0.25, 0.3) is 5.91 Å². The average Bonchev–Trinajstić information content (AvgIpc) is 2.63. The smallest absolute Gasteiger partial charge is 0.256 e. The number of methoxy groups -OCH3 is 1. The molecule has 0 spiro atoms. The van der Waals surface area contributed by atoms with Gasteiger partial charge in [0.1, 0.15) is 17.1 Å². The van der Waals surface area contributed by atoms with Crippen molar-refractivity contribution in [1.82, 2.24) is 4.98 Å². The summed E-state index contributed by atoms with van der Waals surface area (Å²) in [5.74, 6) is 0.739. The van der Waals surface area contributed by atoms with Crippen molar-refractivity contribution >= 4 is 29.0 Å². The van der Waals surface area contributed by atoms with E-state index in [0.29, 0.717) is 28.9 Å². The summed E-state index contributed by atoms with van der Waals surface area (Å²) in [4.78, 5) is 18.7. The van der Waals surface area contributed by atoms with Crippen molar-refractivity contribution < 1.29 is 14.3 Å². The monoisotopic (exact) mass is 420 g/mol. The predicted molar refractivity (Wildman–Crippen MR) is 118 cm³/mol. The number of benzene rings is 1. The number of nitrogens with one attached hydrogen (secondary N) is 1. The molecule has 7 nitrogen and oxygen atoms in total. The van der Waals surface area contributed by atoms with Gasteiger partial charge in [0, 0.05) is 38.3 Å². The standard InChI is InChI=1S/C21H29ClN4O3/c1-7-15(11-28-6)24-16-10-17(26(4)5)25-21(18(16)20(23)27)29-19-12(2)8-14(22)9-13(19)3/h8-10,15H,7,11H2,1-6H3,(H2,23,27)(H,24,25). The fourth-order valence-corrected chi connectivity index (χ4v) is 3.33. The molecule has 0 radical (unpaired) electrons. The van der Waals surface area contributed by atoms with E-state index in [1.165, 1.54) is 0 Å². The highest BCUT2D eigenvalue weighted by Crippen LogP contribution is 2.36. The summed E-state index contributed by atoms with van der Waals surface area (Å²) in [7, 11) is 5.37. The van der Waals surface area contributed by atoms with Crippen molar-refractivity contribution in [3.05, 3.63) is 39.9 Å². The molecule has 1 atom stereocenters. The molecule has 0 bridgehead atoms. The normalized spacial score (nSPS) is 11.8. The number of aromatic nitrogens is 1. The van der Waals surface area contributed by atoms with Gasteiger partial charge in [-0.2, -0.15) is 4.98 Å². The third-order valence-electron chi connectivity index (χ3n) is 4.52. The largest absolute Gasteiger partial charge is 0.437 e. The molecule has 1 unspecified atom stereocenters. The van der Waals surface area contributed by atoms with E-state index in [4.69, 9.17) is 26.8 Å². The molecule has 158 valence electrons. The maximum atomic E-state index is 12.4. The Morgan fingerprint density at radius 1 is 1.28 bits per heavy atom. The summed E-state index contributed by atoms with van der Waals surface area (Å²) in [5, 5.41) is 3.96. The second-order valence-corrected chi connectivity index (χ2v) is 7.58. The van der Waals surface area contributed by atoms with Gasteiger partial charge in [-0.3, -0.25) is 4.79 Å². The van der Waals surface area contributed by atoms with Crippen LogP contribution in [0.4, 0.5) is 11.5 Å². The average molecular weight is 421 g/mol. The summed E-state index contributed by atoms with van der Waals surface area (Å²) in [6, 6.07) is 5.39. The third-order valence-corrected chi connectivity index (χ3v) is 4.74. The zero-order chi connectivity index (χ0) is 21.7. The van der Waals surface area contributed by atoms with E-state index < -0.39 is 5.91 Å². The number of amides is 1. The van der Waals surface area contributed by atoms with Crippen LogP contribution in [-0.2, 0) is 4.74 Å². The minimum Gasteiger partial charge on any atom is -0.437 e. The molecule has 1 aromatic carbocycles. The quantitative estimate of drug-likeness (QED) is 0.633. The lowest BCUT2D eigenvalue weighted by atomic mass is 10.1. The molecule has 1 amide bonds. The molecule has 1 heterocycles. The fraction of sp³-hybridized carbons (Fsp3) is 0.429. The molecule has 8 heteroatoms. The molecule has 0 aliphatic heterocycles. The lowest BCUT2D eigenvalue weighted by Crippen LogP contribution is -2.27. The first kappa shape index (κ1) is 22.8. The van der Waals surface area contributed by atoms with Gasteiger partial charge in [0.15, 0.2) is 0 Å². The Hall–Kier alpha value is -2.51. The molecular weight excluding hydrogens is 392 g/mol. The number of hydrogen-bond donors (Lipinski definition) is 2. The van der Waals surface area contributed by atoms with E-state index in [2.05, 4.69) is 10.3 Å². The van der Waals surface area contributed by atoms with Gasteiger partial charge in [0.05, 0.1) is 12.3 Å². The van der Waals surface area contributed by atoms with Gasteiger partial charge in [0.2, 0.25) is 5.88 Å². The van der Waals surface area contributed by atoms with Crippen LogP contribution in [0.2, 0.25) is 5.02 Å². The van der Waals surface area contributed by atoms with Crippen molar-refractivity contribution in [3.8, 4) is 11.6 Å². The summed E-state index contributed by atoms with van der Waals surface area (Å²) in [6.07, 6.45) is 0.803. The number of ether oxygens (including phenoxy) is 2. The number of carbonyl (C=O) groups excluding carboxylic acids is 1. The van der Waals surface area contributed by atoms with E-state index in [0.717, 1.165) is 17.5 Å². The minimum atomic E-state index is -0.628. The van der Waals surface area contributed by atoms with Crippen molar-refractivity contribution in [2.75, 3.05) is 38.0 Å². The lowest BCUT2D eigenvalue weighted by Gasteiger charge is -2.23. The Morgan fingerprint density at radius 3 is 2.38 bits per heavy atom. The number of rotatable bonds is 9. The summed E-state index contributed by atoms with van der Waals surface area (Å²) in [5.41, 5.74) is 8.14. The van der Waals surface area contributed by atoms with Crippen LogP contribution in [-0.4, -0.2) is 44.7 Å². The fourth-order valence-electron chi connectivity index (χ4n) is 3.00. The van der Waals surface area contributed by atoms with Crippen molar-refractivity contribution in [1.29, 1.82) is 0 Å². The Labute approximate surface area is 177 Å². The molecular formula is C21H29ClN4O3.